The van der Waals surface area contributed by atoms with Crippen molar-refractivity contribution in [2.45, 2.75) is 38.4 Å². The number of sulfonamides is 1. The predicted molar refractivity (Wildman–Crippen MR) is 99.8 cm³/mol. The van der Waals surface area contributed by atoms with Crippen LogP contribution in [0.1, 0.15) is 25.8 Å². The van der Waals surface area contributed by atoms with E-state index in [9.17, 15) is 26.2 Å². The average Bonchev–Trinajstić information content (AvgIpc) is 2.57. The fourth-order valence-corrected chi connectivity index (χ4v) is 3.82. The Balaban J connectivity index is 0.00000784. The van der Waals surface area contributed by atoms with E-state index in [0.717, 1.165) is 5.56 Å². The van der Waals surface area contributed by atoms with Gasteiger partial charge in [-0.05, 0) is 32.9 Å². The predicted octanol–water partition coefficient (Wildman–Crippen LogP) is -2.01. The van der Waals surface area contributed by atoms with Crippen LogP contribution in [0.5, 0.6) is 0 Å². The molecule has 2 amide bonds. The van der Waals surface area contributed by atoms with Gasteiger partial charge in [0.25, 0.3) is 10.0 Å². The van der Waals surface area contributed by atoms with Crippen molar-refractivity contribution in [2.75, 3.05) is 25.6 Å². The molecule has 0 aromatic heterocycles. The molecule has 0 unspecified atom stereocenters. The van der Waals surface area contributed by atoms with Gasteiger partial charge in [0.05, 0.1) is 4.90 Å². The molecular formula is C16H25N2NaO8S2. The van der Waals surface area contributed by atoms with Gasteiger partial charge in [-0.25, -0.2) is 26.4 Å². The number of nitrogens with one attached hydrogen (secondary N) is 1. The Labute approximate surface area is 194 Å². The molecule has 10 nitrogen and oxygen atoms in total. The molecule has 29 heavy (non-hydrogen) atoms. The quantitative estimate of drug-likeness (QED) is 0.227. The van der Waals surface area contributed by atoms with E-state index in [1.54, 1.807) is 37.6 Å². The van der Waals surface area contributed by atoms with Gasteiger partial charge in [0.1, 0.15) is 16.0 Å². The van der Waals surface area contributed by atoms with E-state index in [2.05, 4.69) is 0 Å². The first-order valence-corrected chi connectivity index (χ1v) is 11.6. The van der Waals surface area contributed by atoms with Gasteiger partial charge in [0, 0.05) is 26.2 Å². The molecular weight excluding hydrogens is 435 g/mol. The molecule has 0 radical (unpaired) electrons. The molecule has 0 fully saturated rings. The number of ether oxygens (including phenoxy) is 2. The van der Waals surface area contributed by atoms with Crippen molar-refractivity contribution in [3.8, 4) is 0 Å². The zero-order chi connectivity index (χ0) is 21.4. The van der Waals surface area contributed by atoms with Gasteiger partial charge in [-0.15, -0.1) is 0 Å². The average molecular weight is 461 g/mol. The molecule has 0 aliphatic heterocycles. The maximum absolute atomic E-state index is 12.4. The third kappa shape index (κ3) is 10.7. The third-order valence-electron chi connectivity index (χ3n) is 3.49. The molecule has 0 heterocycles. The minimum absolute atomic E-state index is 0. The Morgan fingerprint density at radius 1 is 1.10 bits per heavy atom. The van der Waals surface area contributed by atoms with Crippen molar-refractivity contribution >= 4 is 26.2 Å². The molecule has 1 N–H and O–H groups in total. The van der Waals surface area contributed by atoms with Gasteiger partial charge in [-0.1, -0.05) is 17.7 Å². The summed E-state index contributed by atoms with van der Waals surface area (Å²) in [7, 11) is -9.06. The molecule has 0 spiro atoms. The second-order valence-electron chi connectivity index (χ2n) is 5.80. The zero-order valence-corrected chi connectivity index (χ0v) is 20.6. The van der Waals surface area contributed by atoms with Gasteiger partial charge in [-0.3, -0.25) is 0 Å². The van der Waals surface area contributed by atoms with Crippen LogP contribution >= 0.6 is 0 Å². The molecule has 0 bridgehead atoms. The fraction of sp³-hybridized carbons (Fsp3) is 0.562. The minimum Gasteiger partial charge on any atom is -0.747 e. The monoisotopic (exact) mass is 460 g/mol. The van der Waals surface area contributed by atoms with Gasteiger partial charge < -0.3 is 18.9 Å². The van der Waals surface area contributed by atoms with E-state index < -0.39 is 38.3 Å². The van der Waals surface area contributed by atoms with Gasteiger partial charge in [-0.2, -0.15) is 0 Å². The number of aryl methyl sites for hydroxylation is 1. The minimum atomic E-state index is -4.83. The van der Waals surface area contributed by atoms with Crippen LogP contribution < -0.4 is 34.3 Å². The Bertz CT molecular complexity index is 838. The van der Waals surface area contributed by atoms with Crippen molar-refractivity contribution in [2.24, 2.45) is 0 Å². The number of hydrogen-bond donors (Lipinski definition) is 1. The summed E-state index contributed by atoms with van der Waals surface area (Å²) in [4.78, 5) is 12.8. The van der Waals surface area contributed by atoms with E-state index in [1.165, 1.54) is 12.1 Å². The van der Waals surface area contributed by atoms with Crippen LogP contribution in [-0.2, 0) is 29.6 Å². The molecule has 160 valence electrons. The molecule has 0 saturated carbocycles. The van der Waals surface area contributed by atoms with E-state index in [4.69, 9.17) is 9.47 Å². The maximum atomic E-state index is 12.4. The molecule has 0 aliphatic carbocycles. The summed E-state index contributed by atoms with van der Waals surface area (Å²) in [6.07, 6.45) is -0.678. The summed E-state index contributed by atoms with van der Waals surface area (Å²) >= 11 is 0. The molecule has 1 aromatic rings. The second-order valence-corrected chi connectivity index (χ2v) is 8.86. The Kier molecular flexibility index (Phi) is 12.5. The first kappa shape index (κ1) is 28.3. The van der Waals surface area contributed by atoms with Gasteiger partial charge in [0.2, 0.25) is 0 Å². The van der Waals surface area contributed by atoms with Crippen LogP contribution in [0.4, 0.5) is 4.79 Å². The first-order valence-electron chi connectivity index (χ1n) is 8.53. The molecule has 13 heteroatoms. The van der Waals surface area contributed by atoms with Crippen LogP contribution in [0.25, 0.3) is 0 Å². The standard InChI is InChI=1S/C16H26N2O8S2.Na/c1-4-25-15(26-5-2)10-11-18(12-27(20,21)22)16(19)17-28(23,24)14-8-6-13(3)7-9-14;/h6-9,15H,4-5,10-12H2,1-3H3,(H,17,19)(H,20,21,22);/q;+1/p-1. The SMILES string of the molecule is CCOC(CCN(CS(=O)(=O)[O-])C(=O)NS(=O)(=O)c1ccc(C)cc1)OCC.[Na+]. The first-order chi connectivity index (χ1) is 13.0. The number of nitrogens with zero attached hydrogens (tertiary/aromatic N) is 1. The molecule has 0 aliphatic rings. The summed E-state index contributed by atoms with van der Waals surface area (Å²) in [6, 6.07) is 4.48. The number of urea groups is 1. The zero-order valence-electron chi connectivity index (χ0n) is 17.0. The second kappa shape index (κ2) is 12.8. The van der Waals surface area contributed by atoms with E-state index in [-0.39, 0.29) is 47.4 Å². The Hall–Kier alpha value is -0.730. The number of rotatable bonds is 11. The summed E-state index contributed by atoms with van der Waals surface area (Å²) in [6.45, 7) is 5.60. The van der Waals surface area contributed by atoms with Gasteiger partial charge in [0.15, 0.2) is 6.29 Å². The number of carbonyl (C=O) groups is 1. The molecule has 0 atom stereocenters. The largest absolute Gasteiger partial charge is 1.00 e. The van der Waals surface area contributed by atoms with Crippen LogP contribution in [0.2, 0.25) is 0 Å². The molecule has 1 aromatic carbocycles. The van der Waals surface area contributed by atoms with Crippen LogP contribution in [0.3, 0.4) is 0 Å². The smallest absolute Gasteiger partial charge is 0.747 e. The number of carbonyl (C=O) groups excluding carboxylic acids is 1. The summed E-state index contributed by atoms with van der Waals surface area (Å²) in [5.41, 5.74) is 0.822. The number of hydrogen-bond acceptors (Lipinski definition) is 8. The van der Waals surface area contributed by atoms with Crippen LogP contribution in [0, 0.1) is 6.92 Å². The number of benzene rings is 1. The van der Waals surface area contributed by atoms with E-state index in [1.807, 2.05) is 0 Å². The van der Waals surface area contributed by atoms with Gasteiger partial charge >= 0.3 is 35.6 Å². The Morgan fingerprint density at radius 3 is 2.07 bits per heavy atom. The Morgan fingerprint density at radius 2 is 1.62 bits per heavy atom. The van der Waals surface area contributed by atoms with E-state index >= 15 is 0 Å². The molecule has 0 saturated heterocycles. The van der Waals surface area contributed by atoms with Crippen molar-refractivity contribution in [1.82, 2.24) is 9.62 Å². The summed E-state index contributed by atoms with van der Waals surface area (Å²) in [5, 5.41) is 0. The van der Waals surface area contributed by atoms with E-state index in [0.29, 0.717) is 18.1 Å². The maximum Gasteiger partial charge on any atom is 1.00 e. The molecule has 1 rings (SSSR count). The van der Waals surface area contributed by atoms with Crippen molar-refractivity contribution in [3.05, 3.63) is 29.8 Å². The topological polar surface area (TPSA) is 142 Å². The number of amides is 2. The van der Waals surface area contributed by atoms with Crippen molar-refractivity contribution < 1.29 is 65.2 Å². The van der Waals surface area contributed by atoms with Crippen LogP contribution in [-0.4, -0.2) is 64.2 Å². The van der Waals surface area contributed by atoms with Crippen LogP contribution in [0.15, 0.2) is 29.2 Å². The third-order valence-corrected chi connectivity index (χ3v) is 5.46. The summed E-state index contributed by atoms with van der Waals surface area (Å²) < 4.78 is 70.4. The normalized spacial score (nSPS) is 11.8. The fourth-order valence-electron chi connectivity index (χ4n) is 2.22. The summed E-state index contributed by atoms with van der Waals surface area (Å²) in [5.74, 6) is -1.19. The van der Waals surface area contributed by atoms with Crippen molar-refractivity contribution in [1.29, 1.82) is 0 Å². The van der Waals surface area contributed by atoms with Crippen molar-refractivity contribution in [3.63, 3.8) is 0 Å².